The number of nitrogens with one attached hydrogen (secondary N) is 2. The van der Waals surface area contributed by atoms with Crippen molar-refractivity contribution < 1.29 is 5.11 Å². The summed E-state index contributed by atoms with van der Waals surface area (Å²) in [7, 11) is 0. The largest absolute Gasteiger partial charge is 0.506 e. The smallest absolute Gasteiger partial charge is 0.191 e. The van der Waals surface area contributed by atoms with Gasteiger partial charge in [0.1, 0.15) is 11.5 Å². The normalized spacial score (nSPS) is 16.5. The Labute approximate surface area is 69.3 Å². The Morgan fingerprint density at radius 1 is 1.64 bits per heavy atom. The highest BCUT2D eigenvalue weighted by atomic mass is 32.1. The molecular weight excluding hydrogens is 162 g/mol. The van der Waals surface area contributed by atoms with Crippen molar-refractivity contribution in [3.8, 4) is 0 Å². The van der Waals surface area contributed by atoms with E-state index in [4.69, 9.17) is 17.3 Å². The van der Waals surface area contributed by atoms with E-state index in [1.54, 1.807) is 0 Å². The van der Waals surface area contributed by atoms with Crippen LogP contribution in [0.4, 0.5) is 0 Å². The van der Waals surface area contributed by atoms with Crippen LogP contribution in [0.1, 0.15) is 0 Å². The topological polar surface area (TPSA) is 56.7 Å². The lowest BCUT2D eigenvalue weighted by Crippen LogP contribution is -2.39. The van der Waals surface area contributed by atoms with Crippen molar-refractivity contribution in [2.24, 2.45) is 5.10 Å². The molecule has 1 aliphatic rings. The molecule has 0 saturated carbocycles. The minimum atomic E-state index is -0.141. The van der Waals surface area contributed by atoms with E-state index in [1.165, 1.54) is 0 Å². The van der Waals surface area contributed by atoms with Gasteiger partial charge in [0.25, 0.3) is 0 Å². The number of rotatable bonds is 1. The van der Waals surface area contributed by atoms with Gasteiger partial charge in [-0.25, -0.2) is 0 Å². The van der Waals surface area contributed by atoms with Gasteiger partial charge in [-0.1, -0.05) is 13.2 Å². The molecular formula is C6H7N3OS. The quantitative estimate of drug-likeness (QED) is 0.393. The number of thiocarbonyl (C=S) groups is 1. The molecule has 0 aromatic rings. The highest BCUT2D eigenvalue weighted by molar-refractivity contribution is 7.80. The fourth-order valence-corrected chi connectivity index (χ4v) is 0.806. The molecule has 3 N–H and O–H groups in total. The van der Waals surface area contributed by atoms with Crippen LogP contribution in [0.5, 0.6) is 0 Å². The Morgan fingerprint density at radius 2 is 2.27 bits per heavy atom. The van der Waals surface area contributed by atoms with Crippen LogP contribution >= 0.6 is 12.2 Å². The summed E-state index contributed by atoms with van der Waals surface area (Å²) in [6.45, 7) is 6.87. The summed E-state index contributed by atoms with van der Waals surface area (Å²) in [5, 5.41) is 15.7. The van der Waals surface area contributed by atoms with Gasteiger partial charge in [-0.05, 0) is 12.2 Å². The Hall–Kier alpha value is -1.36. The van der Waals surface area contributed by atoms with E-state index in [0.29, 0.717) is 16.5 Å². The standard InChI is InChI=1S/C6H7N3OS/c1-3-5(4(2)10)8-9-6(11)7-3/h10H,1-2H2,(H2,7,9,11). The molecule has 0 aromatic carbocycles. The van der Waals surface area contributed by atoms with E-state index < -0.39 is 0 Å². The first-order valence-corrected chi connectivity index (χ1v) is 3.24. The van der Waals surface area contributed by atoms with Gasteiger partial charge in [0, 0.05) is 0 Å². The summed E-state index contributed by atoms with van der Waals surface area (Å²) < 4.78 is 0. The molecule has 0 amide bonds. The lowest BCUT2D eigenvalue weighted by Gasteiger charge is -2.16. The summed E-state index contributed by atoms with van der Waals surface area (Å²) >= 11 is 4.72. The third kappa shape index (κ3) is 1.56. The Balaban J connectivity index is 2.89. The molecule has 0 bridgehead atoms. The molecule has 11 heavy (non-hydrogen) atoms. The second-order valence-corrected chi connectivity index (χ2v) is 2.36. The lowest BCUT2D eigenvalue weighted by atomic mass is 10.2. The number of hydrogen-bond donors (Lipinski definition) is 3. The van der Waals surface area contributed by atoms with Crippen molar-refractivity contribution in [3.05, 3.63) is 24.6 Å². The molecule has 0 radical (unpaired) electrons. The maximum Gasteiger partial charge on any atom is 0.191 e. The second kappa shape index (κ2) is 2.71. The first-order valence-electron chi connectivity index (χ1n) is 2.83. The van der Waals surface area contributed by atoms with E-state index in [9.17, 15) is 0 Å². The average molecular weight is 169 g/mol. The van der Waals surface area contributed by atoms with Crippen LogP contribution in [0, 0.1) is 0 Å². The fraction of sp³-hybridized carbons (Fsp3) is 0. The SMILES string of the molecule is C=C(O)C1=NNC(=S)NC1=C. The molecule has 5 heteroatoms. The summed E-state index contributed by atoms with van der Waals surface area (Å²) in [5.74, 6) is -0.141. The Kier molecular flexibility index (Phi) is 1.91. The zero-order valence-electron chi connectivity index (χ0n) is 5.72. The molecule has 0 saturated heterocycles. The zero-order chi connectivity index (χ0) is 8.43. The fourth-order valence-electron chi connectivity index (χ4n) is 0.637. The number of aliphatic hydroxyl groups is 1. The van der Waals surface area contributed by atoms with E-state index in [0.717, 1.165) is 0 Å². The molecule has 58 valence electrons. The zero-order valence-corrected chi connectivity index (χ0v) is 6.53. The van der Waals surface area contributed by atoms with E-state index in [2.05, 4.69) is 29.0 Å². The number of aliphatic hydroxyl groups excluding tert-OH is 1. The second-order valence-electron chi connectivity index (χ2n) is 1.95. The van der Waals surface area contributed by atoms with Gasteiger partial charge in [0.05, 0.1) is 5.70 Å². The third-order valence-corrected chi connectivity index (χ3v) is 1.29. The maximum absolute atomic E-state index is 8.92. The molecule has 1 rings (SSSR count). The Bertz CT molecular complexity index is 269. The highest BCUT2D eigenvalue weighted by Gasteiger charge is 2.13. The van der Waals surface area contributed by atoms with Gasteiger partial charge in [-0.15, -0.1) is 0 Å². The molecule has 0 aliphatic carbocycles. The average Bonchev–Trinajstić information content (AvgIpc) is 1.85. The van der Waals surface area contributed by atoms with Crippen molar-refractivity contribution in [1.29, 1.82) is 0 Å². The highest BCUT2D eigenvalue weighted by Crippen LogP contribution is 2.01. The van der Waals surface area contributed by atoms with E-state index >= 15 is 0 Å². The monoisotopic (exact) mass is 169 g/mol. The third-order valence-electron chi connectivity index (χ3n) is 1.09. The van der Waals surface area contributed by atoms with Gasteiger partial charge in [-0.3, -0.25) is 5.43 Å². The number of hydrazone groups is 1. The summed E-state index contributed by atoms with van der Waals surface area (Å²) in [5.41, 5.74) is 3.21. The van der Waals surface area contributed by atoms with Crippen molar-refractivity contribution in [1.82, 2.24) is 10.7 Å². The summed E-state index contributed by atoms with van der Waals surface area (Å²) in [4.78, 5) is 0. The lowest BCUT2D eigenvalue weighted by molar-refractivity contribution is 0.444. The van der Waals surface area contributed by atoms with Crippen LogP contribution in [-0.2, 0) is 0 Å². The minimum absolute atomic E-state index is 0.141. The van der Waals surface area contributed by atoms with Crippen LogP contribution < -0.4 is 10.7 Å². The molecule has 4 nitrogen and oxygen atoms in total. The molecule has 1 heterocycles. The molecule has 1 aliphatic heterocycles. The van der Waals surface area contributed by atoms with Crippen LogP contribution in [0.3, 0.4) is 0 Å². The van der Waals surface area contributed by atoms with Crippen LogP contribution in [-0.4, -0.2) is 15.9 Å². The first kappa shape index (κ1) is 7.74. The predicted octanol–water partition coefficient (Wildman–Crippen LogP) is 0.406. The predicted molar refractivity (Wildman–Crippen MR) is 47.2 cm³/mol. The van der Waals surface area contributed by atoms with E-state index in [1.807, 2.05) is 0 Å². The van der Waals surface area contributed by atoms with Crippen molar-refractivity contribution >= 4 is 23.0 Å². The molecule has 0 aromatic heterocycles. The minimum Gasteiger partial charge on any atom is -0.506 e. The van der Waals surface area contributed by atoms with E-state index in [-0.39, 0.29) is 5.76 Å². The summed E-state index contributed by atoms with van der Waals surface area (Å²) in [6.07, 6.45) is 0. The number of hydrogen-bond acceptors (Lipinski definition) is 3. The Morgan fingerprint density at radius 3 is 2.73 bits per heavy atom. The van der Waals surface area contributed by atoms with Gasteiger partial charge >= 0.3 is 0 Å². The first-order chi connectivity index (χ1) is 5.11. The van der Waals surface area contributed by atoms with Crippen LogP contribution in [0.25, 0.3) is 0 Å². The van der Waals surface area contributed by atoms with Gasteiger partial charge in [0.15, 0.2) is 5.11 Å². The molecule has 0 fully saturated rings. The van der Waals surface area contributed by atoms with Crippen LogP contribution in [0.15, 0.2) is 29.7 Å². The molecule has 0 atom stereocenters. The van der Waals surface area contributed by atoms with Crippen LogP contribution in [0.2, 0.25) is 0 Å². The molecule has 0 spiro atoms. The van der Waals surface area contributed by atoms with Gasteiger partial charge < -0.3 is 10.4 Å². The van der Waals surface area contributed by atoms with Crippen molar-refractivity contribution in [3.63, 3.8) is 0 Å². The molecule has 0 unspecified atom stereocenters. The number of nitrogens with zero attached hydrogens (tertiary/aromatic N) is 1. The van der Waals surface area contributed by atoms with Gasteiger partial charge in [0.2, 0.25) is 0 Å². The van der Waals surface area contributed by atoms with Gasteiger partial charge in [-0.2, -0.15) is 5.10 Å². The maximum atomic E-state index is 8.92. The van der Waals surface area contributed by atoms with Crippen molar-refractivity contribution in [2.75, 3.05) is 0 Å². The summed E-state index contributed by atoms with van der Waals surface area (Å²) in [6, 6.07) is 0. The van der Waals surface area contributed by atoms with Crippen molar-refractivity contribution in [2.45, 2.75) is 0 Å².